The lowest BCUT2D eigenvalue weighted by molar-refractivity contribution is 0.148. The Morgan fingerprint density at radius 1 is 1.67 bits per heavy atom. The van der Waals surface area contributed by atoms with Crippen molar-refractivity contribution in [2.24, 2.45) is 5.92 Å². The first-order valence-corrected chi connectivity index (χ1v) is 4.36. The highest BCUT2D eigenvalue weighted by molar-refractivity contribution is 5.25. The highest BCUT2D eigenvalue weighted by Gasteiger charge is 2.12. The molecule has 12 heavy (non-hydrogen) atoms. The predicted molar refractivity (Wildman–Crippen MR) is 48.7 cm³/mol. The molecule has 0 saturated heterocycles. The summed E-state index contributed by atoms with van der Waals surface area (Å²) in [6.45, 7) is 4.74. The van der Waals surface area contributed by atoms with Gasteiger partial charge in [0, 0.05) is 0 Å². The van der Waals surface area contributed by atoms with Gasteiger partial charge in [0.05, 0.1) is 6.61 Å². The van der Waals surface area contributed by atoms with E-state index >= 15 is 0 Å². The van der Waals surface area contributed by atoms with Crippen molar-refractivity contribution in [1.82, 2.24) is 0 Å². The number of aliphatic hydroxyl groups is 1. The first kappa shape index (κ1) is 9.33. The molecule has 0 aliphatic heterocycles. The standard InChI is InChI=1S/C10H16O2/c1-8-4-3-5-10(9(8)2)12-7-6-11/h3,5,8,11H,4,6-7H2,1-2H3. The van der Waals surface area contributed by atoms with Gasteiger partial charge in [0.2, 0.25) is 0 Å². The summed E-state index contributed by atoms with van der Waals surface area (Å²) in [5, 5.41) is 8.58. The summed E-state index contributed by atoms with van der Waals surface area (Å²) in [5.74, 6) is 1.51. The second-order valence-electron chi connectivity index (χ2n) is 3.16. The molecule has 68 valence electrons. The van der Waals surface area contributed by atoms with Gasteiger partial charge < -0.3 is 9.84 Å². The van der Waals surface area contributed by atoms with E-state index in [-0.39, 0.29) is 6.61 Å². The SMILES string of the molecule is CC1=C(OCCO)C=CCC1C. The molecular formula is C10H16O2. The molecule has 0 bridgehead atoms. The van der Waals surface area contributed by atoms with Crippen molar-refractivity contribution in [3.63, 3.8) is 0 Å². The average Bonchev–Trinajstić information content (AvgIpc) is 2.08. The van der Waals surface area contributed by atoms with Crippen molar-refractivity contribution in [3.05, 3.63) is 23.5 Å². The van der Waals surface area contributed by atoms with Gasteiger partial charge in [0.1, 0.15) is 12.4 Å². The Hall–Kier alpha value is -0.760. The Balaban J connectivity index is 2.59. The van der Waals surface area contributed by atoms with Crippen molar-refractivity contribution < 1.29 is 9.84 Å². The number of rotatable bonds is 3. The summed E-state index contributed by atoms with van der Waals surface area (Å²) in [6.07, 6.45) is 5.20. The van der Waals surface area contributed by atoms with Crippen LogP contribution in [-0.2, 0) is 4.74 Å². The van der Waals surface area contributed by atoms with E-state index in [0.29, 0.717) is 12.5 Å². The van der Waals surface area contributed by atoms with Crippen LogP contribution >= 0.6 is 0 Å². The maximum absolute atomic E-state index is 8.58. The van der Waals surface area contributed by atoms with Gasteiger partial charge in [-0.1, -0.05) is 13.0 Å². The van der Waals surface area contributed by atoms with E-state index in [1.165, 1.54) is 5.57 Å². The molecule has 0 aromatic carbocycles. The molecule has 1 atom stereocenters. The fourth-order valence-corrected chi connectivity index (χ4v) is 1.25. The quantitative estimate of drug-likeness (QED) is 0.697. The number of hydrogen-bond acceptors (Lipinski definition) is 2. The van der Waals surface area contributed by atoms with Crippen LogP contribution in [-0.4, -0.2) is 18.3 Å². The van der Waals surface area contributed by atoms with Gasteiger partial charge >= 0.3 is 0 Å². The van der Waals surface area contributed by atoms with E-state index in [2.05, 4.69) is 19.9 Å². The third-order valence-corrected chi connectivity index (χ3v) is 2.24. The maximum atomic E-state index is 8.58. The minimum absolute atomic E-state index is 0.0823. The number of aliphatic hydroxyl groups excluding tert-OH is 1. The summed E-state index contributed by atoms with van der Waals surface area (Å²) in [5.41, 5.74) is 1.28. The van der Waals surface area contributed by atoms with E-state index < -0.39 is 0 Å². The van der Waals surface area contributed by atoms with Crippen LogP contribution in [0.25, 0.3) is 0 Å². The van der Waals surface area contributed by atoms with Crippen LogP contribution in [0.3, 0.4) is 0 Å². The van der Waals surface area contributed by atoms with E-state index in [4.69, 9.17) is 9.84 Å². The van der Waals surface area contributed by atoms with Crippen molar-refractivity contribution in [1.29, 1.82) is 0 Å². The lowest BCUT2D eigenvalue weighted by Gasteiger charge is -2.18. The topological polar surface area (TPSA) is 29.5 Å². The molecule has 1 N–H and O–H groups in total. The second-order valence-corrected chi connectivity index (χ2v) is 3.16. The lowest BCUT2D eigenvalue weighted by atomic mass is 9.94. The van der Waals surface area contributed by atoms with E-state index in [0.717, 1.165) is 12.2 Å². The minimum Gasteiger partial charge on any atom is -0.491 e. The molecule has 2 nitrogen and oxygen atoms in total. The van der Waals surface area contributed by atoms with Crippen LogP contribution in [0, 0.1) is 5.92 Å². The third kappa shape index (κ3) is 2.11. The van der Waals surface area contributed by atoms with Gasteiger partial charge in [-0.15, -0.1) is 0 Å². The van der Waals surface area contributed by atoms with Crippen LogP contribution in [0.5, 0.6) is 0 Å². The Morgan fingerprint density at radius 3 is 3.08 bits per heavy atom. The molecule has 0 amide bonds. The summed E-state index contributed by atoms with van der Waals surface area (Å²) in [6, 6.07) is 0. The Morgan fingerprint density at radius 2 is 2.42 bits per heavy atom. The predicted octanol–water partition coefficient (Wildman–Crippen LogP) is 1.87. The summed E-state index contributed by atoms with van der Waals surface area (Å²) < 4.78 is 5.36. The summed E-state index contributed by atoms with van der Waals surface area (Å²) in [4.78, 5) is 0. The Kier molecular flexibility index (Phi) is 3.35. The van der Waals surface area contributed by atoms with Crippen LogP contribution in [0.4, 0.5) is 0 Å². The van der Waals surface area contributed by atoms with Gasteiger partial charge in [0.25, 0.3) is 0 Å². The normalized spacial score (nSPS) is 23.1. The van der Waals surface area contributed by atoms with Crippen LogP contribution in [0.2, 0.25) is 0 Å². The largest absolute Gasteiger partial charge is 0.491 e. The van der Waals surface area contributed by atoms with Crippen LogP contribution in [0.15, 0.2) is 23.5 Å². The van der Waals surface area contributed by atoms with Crippen molar-refractivity contribution in [3.8, 4) is 0 Å². The third-order valence-electron chi connectivity index (χ3n) is 2.24. The molecule has 1 rings (SSSR count). The zero-order valence-electron chi connectivity index (χ0n) is 7.71. The monoisotopic (exact) mass is 168 g/mol. The molecule has 0 heterocycles. The molecule has 1 aliphatic carbocycles. The molecule has 0 saturated carbocycles. The van der Waals surface area contributed by atoms with Gasteiger partial charge in [-0.05, 0) is 30.9 Å². The number of hydrogen-bond donors (Lipinski definition) is 1. The second kappa shape index (κ2) is 4.31. The summed E-state index contributed by atoms with van der Waals surface area (Å²) in [7, 11) is 0. The maximum Gasteiger partial charge on any atom is 0.118 e. The van der Waals surface area contributed by atoms with Gasteiger partial charge in [0.15, 0.2) is 0 Å². The van der Waals surface area contributed by atoms with E-state index in [1.54, 1.807) is 0 Å². The molecule has 0 aromatic rings. The zero-order valence-corrected chi connectivity index (χ0v) is 7.71. The molecular weight excluding hydrogens is 152 g/mol. The molecule has 0 spiro atoms. The fourth-order valence-electron chi connectivity index (χ4n) is 1.25. The lowest BCUT2D eigenvalue weighted by Crippen LogP contribution is -2.07. The van der Waals surface area contributed by atoms with Crippen molar-refractivity contribution in [2.75, 3.05) is 13.2 Å². The molecule has 1 aliphatic rings. The Bertz CT molecular complexity index is 204. The van der Waals surface area contributed by atoms with Gasteiger partial charge in [-0.3, -0.25) is 0 Å². The highest BCUT2D eigenvalue weighted by Crippen LogP contribution is 2.24. The molecule has 1 unspecified atom stereocenters. The number of allylic oxidation sites excluding steroid dienone is 3. The summed E-state index contributed by atoms with van der Waals surface area (Å²) >= 11 is 0. The van der Waals surface area contributed by atoms with Crippen LogP contribution < -0.4 is 0 Å². The minimum atomic E-state index is 0.0823. The molecule has 0 fully saturated rings. The molecule has 0 aromatic heterocycles. The van der Waals surface area contributed by atoms with Crippen molar-refractivity contribution >= 4 is 0 Å². The van der Waals surface area contributed by atoms with Crippen molar-refractivity contribution in [2.45, 2.75) is 20.3 Å². The first-order chi connectivity index (χ1) is 5.75. The Labute approximate surface area is 73.5 Å². The fraction of sp³-hybridized carbons (Fsp3) is 0.600. The van der Waals surface area contributed by atoms with E-state index in [9.17, 15) is 0 Å². The van der Waals surface area contributed by atoms with Crippen LogP contribution in [0.1, 0.15) is 20.3 Å². The number of ether oxygens (including phenoxy) is 1. The van der Waals surface area contributed by atoms with Gasteiger partial charge in [-0.25, -0.2) is 0 Å². The highest BCUT2D eigenvalue weighted by atomic mass is 16.5. The average molecular weight is 168 g/mol. The first-order valence-electron chi connectivity index (χ1n) is 4.36. The van der Waals surface area contributed by atoms with E-state index in [1.807, 2.05) is 6.08 Å². The molecule has 2 heteroatoms. The van der Waals surface area contributed by atoms with Gasteiger partial charge in [-0.2, -0.15) is 0 Å². The smallest absolute Gasteiger partial charge is 0.118 e. The molecule has 0 radical (unpaired) electrons. The zero-order chi connectivity index (χ0) is 8.97.